The molecular weight excluding hydrogens is 234 g/mol. The maximum Gasteiger partial charge on any atom is 0.311 e. The normalized spacial score (nSPS) is 23.3. The van der Waals surface area contributed by atoms with Crippen LogP contribution in [0.25, 0.3) is 0 Å². The zero-order valence-electron chi connectivity index (χ0n) is 9.87. The summed E-state index contributed by atoms with van der Waals surface area (Å²) >= 11 is 0. The highest BCUT2D eigenvalue weighted by Crippen LogP contribution is 2.27. The second-order valence-corrected chi connectivity index (χ2v) is 4.27. The molecule has 1 fully saturated rings. The van der Waals surface area contributed by atoms with Gasteiger partial charge in [0.05, 0.1) is 17.1 Å². The molecule has 0 radical (unpaired) electrons. The third-order valence-electron chi connectivity index (χ3n) is 2.68. The Bertz CT molecular complexity index is 415. The average molecular weight is 253 g/mol. The van der Waals surface area contributed by atoms with Gasteiger partial charge in [-0.05, 0) is 19.9 Å². The Balaban J connectivity index is 0.00000162. The van der Waals surface area contributed by atoms with Crippen molar-refractivity contribution < 1.29 is 9.66 Å². The highest BCUT2D eigenvalue weighted by molar-refractivity contribution is 5.57. The lowest BCUT2D eigenvalue weighted by Crippen LogP contribution is -2.46. The number of pyridine rings is 1. The molecule has 0 aromatic carbocycles. The summed E-state index contributed by atoms with van der Waals surface area (Å²) in [6.07, 6.45) is 1.69. The molecule has 1 saturated heterocycles. The number of hydrogen-bond acceptors (Lipinski definition) is 5. The topological polar surface area (TPSA) is 68.5 Å². The molecular formula is C12H19N3O3. The van der Waals surface area contributed by atoms with E-state index in [4.69, 9.17) is 4.74 Å². The number of ether oxygens (including phenoxy) is 1. The fraction of sp³-hybridized carbons (Fsp3) is 0.583. The molecule has 0 N–H and O–H groups in total. The van der Waals surface area contributed by atoms with E-state index in [-0.39, 0.29) is 25.3 Å². The van der Waals surface area contributed by atoms with Gasteiger partial charge in [-0.15, -0.1) is 0 Å². The molecule has 1 aromatic heterocycles. The van der Waals surface area contributed by atoms with Crippen LogP contribution in [0.5, 0.6) is 0 Å². The van der Waals surface area contributed by atoms with Crippen LogP contribution in [0.3, 0.4) is 0 Å². The number of anilines is 1. The van der Waals surface area contributed by atoms with Gasteiger partial charge in [0.15, 0.2) is 0 Å². The number of nitro groups is 1. The third-order valence-corrected chi connectivity index (χ3v) is 2.68. The lowest BCUT2D eigenvalue weighted by molar-refractivity contribution is -0.384. The first-order chi connectivity index (χ1) is 8.08. The maximum atomic E-state index is 10.9. The van der Waals surface area contributed by atoms with Crippen LogP contribution in [-0.2, 0) is 4.74 Å². The highest BCUT2D eigenvalue weighted by Gasteiger charge is 2.27. The maximum absolute atomic E-state index is 10.9. The van der Waals surface area contributed by atoms with Gasteiger partial charge in [-0.1, -0.05) is 7.43 Å². The van der Waals surface area contributed by atoms with E-state index in [1.165, 1.54) is 6.07 Å². The Kier molecular flexibility index (Phi) is 4.61. The van der Waals surface area contributed by atoms with E-state index in [2.05, 4.69) is 4.98 Å². The Hall–Kier alpha value is -1.69. The molecule has 0 saturated carbocycles. The van der Waals surface area contributed by atoms with E-state index >= 15 is 0 Å². The van der Waals surface area contributed by atoms with Crippen LogP contribution in [0.2, 0.25) is 0 Å². The first-order valence-corrected chi connectivity index (χ1v) is 5.57. The smallest absolute Gasteiger partial charge is 0.311 e. The van der Waals surface area contributed by atoms with Gasteiger partial charge in [-0.25, -0.2) is 4.98 Å². The molecule has 0 aliphatic carbocycles. The summed E-state index contributed by atoms with van der Waals surface area (Å²) in [5.74, 6) is 0.430. The van der Waals surface area contributed by atoms with Gasteiger partial charge < -0.3 is 9.64 Å². The van der Waals surface area contributed by atoms with E-state index in [1.807, 2.05) is 18.7 Å². The Morgan fingerprint density at radius 3 is 2.61 bits per heavy atom. The first kappa shape index (κ1) is 14.4. The minimum atomic E-state index is -0.396. The molecule has 6 heteroatoms. The van der Waals surface area contributed by atoms with Gasteiger partial charge in [0.1, 0.15) is 0 Å². The van der Waals surface area contributed by atoms with Crippen molar-refractivity contribution in [2.24, 2.45) is 0 Å². The molecule has 2 atom stereocenters. The monoisotopic (exact) mass is 253 g/mol. The van der Waals surface area contributed by atoms with E-state index in [1.54, 1.807) is 12.3 Å². The van der Waals surface area contributed by atoms with Crippen molar-refractivity contribution >= 4 is 11.5 Å². The van der Waals surface area contributed by atoms with Gasteiger partial charge in [0.25, 0.3) is 0 Å². The van der Waals surface area contributed by atoms with Crippen molar-refractivity contribution in [3.8, 4) is 0 Å². The van der Waals surface area contributed by atoms with Gasteiger partial charge in [-0.3, -0.25) is 10.1 Å². The molecule has 1 aromatic rings. The molecule has 2 heterocycles. The summed E-state index contributed by atoms with van der Waals surface area (Å²) in [7, 11) is 0. The summed E-state index contributed by atoms with van der Waals surface area (Å²) in [5.41, 5.74) is 0.0498. The van der Waals surface area contributed by atoms with E-state index in [0.29, 0.717) is 18.9 Å². The Morgan fingerprint density at radius 2 is 2.06 bits per heavy atom. The van der Waals surface area contributed by atoms with Crippen molar-refractivity contribution in [1.82, 2.24) is 4.98 Å². The van der Waals surface area contributed by atoms with E-state index < -0.39 is 4.92 Å². The first-order valence-electron chi connectivity index (χ1n) is 5.57. The average Bonchev–Trinajstić information content (AvgIpc) is 2.27. The summed E-state index contributed by atoms with van der Waals surface area (Å²) in [4.78, 5) is 16.6. The van der Waals surface area contributed by atoms with Crippen molar-refractivity contribution in [1.29, 1.82) is 0 Å². The summed E-state index contributed by atoms with van der Waals surface area (Å²) in [5, 5.41) is 10.9. The third kappa shape index (κ3) is 2.95. The highest BCUT2D eigenvalue weighted by atomic mass is 16.6. The Labute approximate surface area is 107 Å². The minimum absolute atomic E-state index is 0. The summed E-state index contributed by atoms with van der Waals surface area (Å²) < 4.78 is 5.60. The SMILES string of the molecule is C.C[C@@H]1CN(c2ncccc2[N+](=O)[O-])C[C@H](C)O1. The van der Waals surface area contributed by atoms with E-state index in [9.17, 15) is 10.1 Å². The number of aromatic nitrogens is 1. The standard InChI is InChI=1S/C11H15N3O3.CH4/c1-8-6-13(7-9(2)17-8)11-10(14(15)16)4-3-5-12-11;/h3-5,8-9H,6-7H2,1-2H3;1H4/t8-,9+;. The van der Waals surface area contributed by atoms with Crippen LogP contribution < -0.4 is 4.90 Å². The molecule has 1 aliphatic rings. The molecule has 0 unspecified atom stereocenters. The van der Waals surface area contributed by atoms with Crippen LogP contribution in [0.15, 0.2) is 18.3 Å². The lowest BCUT2D eigenvalue weighted by Gasteiger charge is -2.35. The zero-order chi connectivity index (χ0) is 12.4. The van der Waals surface area contributed by atoms with Crippen molar-refractivity contribution in [3.63, 3.8) is 0 Å². The van der Waals surface area contributed by atoms with Crippen molar-refractivity contribution in [2.75, 3.05) is 18.0 Å². The molecule has 100 valence electrons. The second-order valence-electron chi connectivity index (χ2n) is 4.27. The van der Waals surface area contributed by atoms with E-state index in [0.717, 1.165) is 0 Å². The van der Waals surface area contributed by atoms with Gasteiger partial charge in [0, 0.05) is 25.4 Å². The van der Waals surface area contributed by atoms with Gasteiger partial charge in [0.2, 0.25) is 5.82 Å². The fourth-order valence-corrected chi connectivity index (χ4v) is 2.13. The largest absolute Gasteiger partial charge is 0.372 e. The second kappa shape index (κ2) is 5.77. The van der Waals surface area contributed by atoms with Crippen LogP contribution in [0.1, 0.15) is 21.3 Å². The number of nitrogens with zero attached hydrogens (tertiary/aromatic N) is 3. The van der Waals surface area contributed by atoms with Crippen molar-refractivity contribution in [2.45, 2.75) is 33.5 Å². The minimum Gasteiger partial charge on any atom is -0.372 e. The Morgan fingerprint density at radius 1 is 1.44 bits per heavy atom. The molecule has 1 aliphatic heterocycles. The summed E-state index contributed by atoms with van der Waals surface area (Å²) in [6.45, 7) is 5.17. The van der Waals surface area contributed by atoms with Crippen LogP contribution in [0, 0.1) is 10.1 Å². The van der Waals surface area contributed by atoms with Crippen LogP contribution >= 0.6 is 0 Å². The predicted octanol–water partition coefficient (Wildman–Crippen LogP) is 2.24. The van der Waals surface area contributed by atoms with Crippen LogP contribution in [0.4, 0.5) is 11.5 Å². The predicted molar refractivity (Wildman–Crippen MR) is 69.8 cm³/mol. The lowest BCUT2D eigenvalue weighted by atomic mass is 10.2. The summed E-state index contributed by atoms with van der Waals surface area (Å²) in [6, 6.07) is 3.06. The van der Waals surface area contributed by atoms with Gasteiger partial charge >= 0.3 is 5.69 Å². The zero-order valence-corrected chi connectivity index (χ0v) is 9.87. The quantitative estimate of drug-likeness (QED) is 0.597. The number of morpholine rings is 1. The molecule has 0 spiro atoms. The van der Waals surface area contributed by atoms with Crippen molar-refractivity contribution in [3.05, 3.63) is 28.4 Å². The van der Waals surface area contributed by atoms with Crippen LogP contribution in [-0.4, -0.2) is 35.2 Å². The number of rotatable bonds is 2. The fourth-order valence-electron chi connectivity index (χ4n) is 2.13. The van der Waals surface area contributed by atoms with Gasteiger partial charge in [-0.2, -0.15) is 0 Å². The molecule has 0 bridgehead atoms. The molecule has 6 nitrogen and oxygen atoms in total. The molecule has 2 rings (SSSR count). The number of hydrogen-bond donors (Lipinski definition) is 0. The molecule has 0 amide bonds. The molecule has 18 heavy (non-hydrogen) atoms.